The number of hydrogen-bond acceptors (Lipinski definition) is 5. The maximum absolute atomic E-state index is 12.6. The van der Waals surface area contributed by atoms with E-state index in [1.165, 1.54) is 0 Å². The first-order valence-corrected chi connectivity index (χ1v) is 9.49. The number of hydrogen-bond donors (Lipinski definition) is 2. The molecule has 3 rings (SSSR count). The minimum atomic E-state index is -1.31. The van der Waals surface area contributed by atoms with Gasteiger partial charge in [-0.05, 0) is 37.2 Å². The summed E-state index contributed by atoms with van der Waals surface area (Å²) in [5.41, 5.74) is 7.75. The number of carbonyl (C=O) groups is 2. The number of benzene rings is 2. The molecule has 1 heterocycles. The van der Waals surface area contributed by atoms with Crippen LogP contribution in [0.4, 0.5) is 5.69 Å². The first kappa shape index (κ1) is 22.5. The van der Waals surface area contributed by atoms with Gasteiger partial charge in [0.25, 0.3) is 12.1 Å². The van der Waals surface area contributed by atoms with Crippen LogP contribution < -0.4 is 28.0 Å². The highest BCUT2D eigenvalue weighted by molar-refractivity contribution is 9.10. The molecule has 0 bridgehead atoms. The Morgan fingerprint density at radius 2 is 2.00 bits per heavy atom. The zero-order valence-electron chi connectivity index (χ0n) is 14.6. The highest BCUT2D eigenvalue weighted by atomic mass is 79.9. The Kier molecular flexibility index (Phi) is 8.18. The number of halogens is 3. The van der Waals surface area contributed by atoms with Crippen LogP contribution in [0.3, 0.4) is 0 Å². The molecule has 148 valence electrons. The lowest BCUT2D eigenvalue weighted by Gasteiger charge is -2.12. The van der Waals surface area contributed by atoms with Gasteiger partial charge in [0, 0.05) is 27.0 Å². The molecule has 3 N–H and O–H groups in total. The van der Waals surface area contributed by atoms with Gasteiger partial charge in [-0.25, -0.2) is 4.99 Å². The lowest BCUT2D eigenvalue weighted by molar-refractivity contribution is -0.153. The van der Waals surface area contributed by atoms with Crippen molar-refractivity contribution in [3.63, 3.8) is 0 Å². The zero-order valence-corrected chi connectivity index (χ0v) is 18.6. The van der Waals surface area contributed by atoms with Crippen molar-refractivity contribution in [3.8, 4) is 0 Å². The number of benzodiazepines with no additional fused rings is 1. The molecule has 2 aromatic carbocycles. The summed E-state index contributed by atoms with van der Waals surface area (Å²) >= 11 is 9.79. The van der Waals surface area contributed by atoms with Crippen molar-refractivity contribution in [2.45, 2.75) is 19.1 Å². The highest BCUT2D eigenvalue weighted by Crippen LogP contribution is 2.30. The molecular weight excluding hydrogens is 513 g/mol. The predicted molar refractivity (Wildman–Crippen MR) is 108 cm³/mol. The first-order chi connectivity index (χ1) is 13.0. The second-order valence-corrected chi connectivity index (χ2v) is 7.19. The number of nitrogens with zero attached hydrogens (tertiary/aromatic N) is 1. The third-order valence-corrected chi connectivity index (χ3v) is 4.75. The topological polar surface area (TPSA) is 93.8 Å². The van der Waals surface area contributed by atoms with E-state index in [1.807, 2.05) is 12.1 Å². The zero-order chi connectivity index (χ0) is 19.4. The molecule has 2 aromatic rings. The number of amides is 1. The Morgan fingerprint density at radius 3 is 2.71 bits per heavy atom. The summed E-state index contributed by atoms with van der Waals surface area (Å²) in [6.07, 6.45) is -0.718. The van der Waals surface area contributed by atoms with Crippen molar-refractivity contribution < 1.29 is 31.3 Å². The molecule has 28 heavy (non-hydrogen) atoms. The molecule has 0 fully saturated rings. The van der Waals surface area contributed by atoms with Crippen molar-refractivity contribution in [3.05, 3.63) is 63.1 Å². The number of rotatable bonds is 5. The first-order valence-electron chi connectivity index (χ1n) is 8.32. The van der Waals surface area contributed by atoms with Crippen LogP contribution in [0.25, 0.3) is 0 Å². The summed E-state index contributed by atoms with van der Waals surface area (Å²) in [6.45, 7) is 0.361. The van der Waals surface area contributed by atoms with Crippen LogP contribution in [0.15, 0.2) is 51.9 Å². The quantitative estimate of drug-likeness (QED) is 0.551. The van der Waals surface area contributed by atoms with Crippen molar-refractivity contribution in [1.29, 1.82) is 0 Å². The molecule has 0 aliphatic carbocycles. The van der Waals surface area contributed by atoms with E-state index in [-0.39, 0.29) is 23.4 Å². The standard InChI is InChI=1S/C19H17BrClN3O3.BrH/c20-11-7-8-15-13(10-11)17(12-4-1-2-5-14(12)21)24-19(18(26)23-15)27-16(25)6-3-9-22;/h1-2,4-5,7-8,10,19H,3,6,9,22H2,(H,23,26);1H/p-1. The fourth-order valence-electron chi connectivity index (χ4n) is 2.64. The van der Waals surface area contributed by atoms with Crippen LogP contribution in [0.1, 0.15) is 24.0 Å². The number of fused-ring (bicyclic) bond motifs is 1. The van der Waals surface area contributed by atoms with Crippen LogP contribution in [0, 0.1) is 0 Å². The van der Waals surface area contributed by atoms with Crippen molar-refractivity contribution in [2.24, 2.45) is 10.7 Å². The van der Waals surface area contributed by atoms with Crippen LogP contribution >= 0.6 is 27.5 Å². The maximum Gasteiger partial charge on any atom is 0.308 e. The fraction of sp³-hybridized carbons (Fsp3) is 0.211. The maximum atomic E-state index is 12.6. The molecular formula is C19H17Br2ClN3O3-. The molecule has 0 radical (unpaired) electrons. The van der Waals surface area contributed by atoms with Gasteiger partial charge in [0.2, 0.25) is 0 Å². The van der Waals surface area contributed by atoms with Gasteiger partial charge in [-0.2, -0.15) is 0 Å². The van der Waals surface area contributed by atoms with Gasteiger partial charge in [0.15, 0.2) is 0 Å². The van der Waals surface area contributed by atoms with E-state index in [4.69, 9.17) is 22.1 Å². The van der Waals surface area contributed by atoms with Crippen LogP contribution in [-0.4, -0.2) is 30.4 Å². The number of carbonyl (C=O) groups excluding carboxylic acids is 2. The number of nitrogens with two attached hydrogens (primary N) is 1. The van der Waals surface area contributed by atoms with E-state index in [0.717, 1.165) is 4.47 Å². The molecule has 0 saturated carbocycles. The largest absolute Gasteiger partial charge is 1.00 e. The fourth-order valence-corrected chi connectivity index (χ4v) is 3.23. The predicted octanol–water partition coefficient (Wildman–Crippen LogP) is 0.504. The number of aliphatic imine (C=N–C) groups is 1. The second kappa shape index (κ2) is 10.2. The van der Waals surface area contributed by atoms with Gasteiger partial charge in [-0.1, -0.05) is 45.7 Å². The molecule has 0 spiro atoms. The Labute approximate surface area is 186 Å². The van der Waals surface area contributed by atoms with Crippen molar-refractivity contribution in [1.82, 2.24) is 0 Å². The van der Waals surface area contributed by atoms with Crippen LogP contribution in [-0.2, 0) is 14.3 Å². The summed E-state index contributed by atoms with van der Waals surface area (Å²) in [5, 5.41) is 3.24. The molecule has 6 nitrogen and oxygen atoms in total. The number of esters is 1. The second-order valence-electron chi connectivity index (χ2n) is 5.87. The average Bonchev–Trinajstić information content (AvgIpc) is 2.77. The molecule has 1 amide bonds. The number of nitrogens with one attached hydrogen (secondary N) is 1. The van der Waals surface area contributed by atoms with Gasteiger partial charge in [0.1, 0.15) is 0 Å². The summed E-state index contributed by atoms with van der Waals surface area (Å²) in [4.78, 5) is 29.0. The monoisotopic (exact) mass is 528 g/mol. The van der Waals surface area contributed by atoms with Crippen LogP contribution in [0.2, 0.25) is 5.02 Å². The number of anilines is 1. The Balaban J connectivity index is 0.00000280. The van der Waals surface area contributed by atoms with E-state index >= 15 is 0 Å². The molecule has 9 heteroatoms. The average molecular weight is 531 g/mol. The van der Waals surface area contributed by atoms with E-state index in [1.54, 1.807) is 30.3 Å². The Hall–Kier alpha value is -1.74. The van der Waals surface area contributed by atoms with Gasteiger partial charge in [0.05, 0.1) is 11.4 Å². The van der Waals surface area contributed by atoms with Crippen LogP contribution in [0.5, 0.6) is 0 Å². The lowest BCUT2D eigenvalue weighted by Crippen LogP contribution is -3.00. The molecule has 1 atom stereocenters. The molecule has 0 saturated heterocycles. The van der Waals surface area contributed by atoms with Crippen molar-refractivity contribution >= 4 is 50.8 Å². The molecule has 1 unspecified atom stereocenters. The third kappa shape index (κ3) is 5.20. The van der Waals surface area contributed by atoms with E-state index in [0.29, 0.717) is 40.5 Å². The smallest absolute Gasteiger partial charge is 0.308 e. The van der Waals surface area contributed by atoms with E-state index in [2.05, 4.69) is 26.2 Å². The van der Waals surface area contributed by atoms with Gasteiger partial charge >= 0.3 is 5.97 Å². The molecule has 0 aromatic heterocycles. The number of ether oxygens (including phenoxy) is 1. The normalized spacial score (nSPS) is 15.5. The third-order valence-electron chi connectivity index (χ3n) is 3.92. The SMILES string of the molecule is NCCCC(=O)OC1N=C(c2ccccc2Cl)c2cc(Br)ccc2NC1=O.[Br-]. The van der Waals surface area contributed by atoms with Gasteiger partial charge < -0.3 is 32.8 Å². The lowest BCUT2D eigenvalue weighted by atomic mass is 10.0. The Morgan fingerprint density at radius 1 is 1.25 bits per heavy atom. The summed E-state index contributed by atoms with van der Waals surface area (Å²) < 4.78 is 6.10. The summed E-state index contributed by atoms with van der Waals surface area (Å²) in [5.74, 6) is -1.06. The van der Waals surface area contributed by atoms with Gasteiger partial charge in [-0.3, -0.25) is 9.59 Å². The molecule has 1 aliphatic heterocycles. The highest BCUT2D eigenvalue weighted by Gasteiger charge is 2.29. The van der Waals surface area contributed by atoms with Crippen molar-refractivity contribution in [2.75, 3.05) is 11.9 Å². The molecule has 1 aliphatic rings. The van der Waals surface area contributed by atoms with Gasteiger partial charge in [-0.15, -0.1) is 0 Å². The minimum absolute atomic E-state index is 0. The summed E-state index contributed by atoms with van der Waals surface area (Å²) in [6, 6.07) is 12.5. The minimum Gasteiger partial charge on any atom is -1.00 e. The van der Waals surface area contributed by atoms with E-state index < -0.39 is 18.1 Å². The van der Waals surface area contributed by atoms with E-state index in [9.17, 15) is 9.59 Å². The Bertz CT molecular complexity index is 921. The summed E-state index contributed by atoms with van der Waals surface area (Å²) in [7, 11) is 0.